The summed E-state index contributed by atoms with van der Waals surface area (Å²) in [6.07, 6.45) is 6.13. The van der Waals surface area contributed by atoms with E-state index in [1.165, 1.54) is 0 Å². The molecule has 0 radical (unpaired) electrons. The Kier molecular flexibility index (Phi) is 8.67. The number of carboxylic acid groups (broad SMARTS) is 1. The molecule has 2 unspecified atom stereocenters. The lowest BCUT2D eigenvalue weighted by Crippen LogP contribution is -2.37. The molecule has 0 aliphatic carbocycles. The number of rotatable bonds is 10. The molecule has 1 aromatic carbocycles. The van der Waals surface area contributed by atoms with Gasteiger partial charge in [-0.2, -0.15) is 0 Å². The third-order valence-electron chi connectivity index (χ3n) is 5.98. The maximum atomic E-state index is 12.4. The Hall–Kier alpha value is -3.20. The zero-order valence-corrected chi connectivity index (χ0v) is 20.8. The number of hydrogen-bond acceptors (Lipinski definition) is 6. The molecule has 3 rings (SSSR count). The van der Waals surface area contributed by atoms with E-state index in [4.69, 9.17) is 20.6 Å². The number of ether oxygens (including phenoxy) is 1. The van der Waals surface area contributed by atoms with Gasteiger partial charge < -0.3 is 25.5 Å². The van der Waals surface area contributed by atoms with Crippen LogP contribution in [0.5, 0.6) is 0 Å². The highest BCUT2D eigenvalue weighted by Crippen LogP contribution is 2.29. The number of nitrogens with one attached hydrogen (secondary N) is 1. The van der Waals surface area contributed by atoms with E-state index in [-0.39, 0.29) is 17.4 Å². The van der Waals surface area contributed by atoms with Crippen molar-refractivity contribution in [3.05, 3.63) is 41.9 Å². The molecule has 9 heteroatoms. The van der Waals surface area contributed by atoms with Gasteiger partial charge in [0.25, 0.3) is 0 Å². The number of nitrogens with zero attached hydrogens (tertiary/aromatic N) is 2. The number of nitrogens with two attached hydrogens (primary N) is 1. The van der Waals surface area contributed by atoms with Crippen LogP contribution in [0, 0.1) is 0 Å². The Bertz CT molecular complexity index is 1040. The Balaban J connectivity index is 1.46. The van der Waals surface area contributed by atoms with Gasteiger partial charge in [0.15, 0.2) is 0 Å². The first-order chi connectivity index (χ1) is 16.5. The van der Waals surface area contributed by atoms with Gasteiger partial charge in [0.2, 0.25) is 5.91 Å². The molecule has 1 amide bonds. The fraction of sp³-hybridized carbons (Fsp3) is 0.538. The van der Waals surface area contributed by atoms with Crippen LogP contribution < -0.4 is 11.1 Å². The number of aromatic nitrogens is 2. The molecule has 190 valence electrons. The van der Waals surface area contributed by atoms with Crippen molar-refractivity contribution in [1.29, 1.82) is 0 Å². The van der Waals surface area contributed by atoms with Crippen LogP contribution in [0.4, 0.5) is 0 Å². The largest absolute Gasteiger partial charge is 0.478 e. The molecule has 9 nitrogen and oxygen atoms in total. The number of carboxylic acids is 1. The number of imidazole rings is 1. The van der Waals surface area contributed by atoms with Gasteiger partial charge in [0.05, 0.1) is 11.3 Å². The van der Waals surface area contributed by atoms with Gasteiger partial charge in [-0.25, -0.2) is 9.78 Å². The van der Waals surface area contributed by atoms with E-state index in [1.54, 1.807) is 45.0 Å². The van der Waals surface area contributed by atoms with Crippen LogP contribution in [0.2, 0.25) is 0 Å². The molecule has 0 saturated carbocycles. The maximum Gasteiger partial charge on any atom is 0.335 e. The Morgan fingerprint density at radius 3 is 2.60 bits per heavy atom. The number of aromatic carboxylic acids is 1. The number of hydrogen-bond donors (Lipinski definition) is 3. The molecule has 0 bridgehead atoms. The molecule has 1 aromatic heterocycles. The molecule has 0 spiro atoms. The summed E-state index contributed by atoms with van der Waals surface area (Å²) in [7, 11) is 0. The maximum absolute atomic E-state index is 12.4. The van der Waals surface area contributed by atoms with Crippen LogP contribution in [0.1, 0.15) is 81.4 Å². The lowest BCUT2D eigenvalue weighted by atomic mass is 9.99. The smallest absolute Gasteiger partial charge is 0.335 e. The van der Waals surface area contributed by atoms with Crippen LogP contribution in [0.15, 0.2) is 30.5 Å². The van der Waals surface area contributed by atoms with Gasteiger partial charge in [0, 0.05) is 37.2 Å². The minimum absolute atomic E-state index is 0.0241. The average molecular weight is 485 g/mol. The molecule has 1 aliphatic rings. The zero-order chi connectivity index (χ0) is 25.6. The molecule has 35 heavy (non-hydrogen) atoms. The summed E-state index contributed by atoms with van der Waals surface area (Å²) in [5, 5.41) is 12.1. The van der Waals surface area contributed by atoms with Crippen LogP contribution in [-0.4, -0.2) is 50.7 Å². The van der Waals surface area contributed by atoms with Crippen molar-refractivity contribution in [1.82, 2.24) is 14.9 Å². The monoisotopic (exact) mass is 484 g/mol. The lowest BCUT2D eigenvalue weighted by molar-refractivity contribution is -0.156. The number of esters is 1. The number of unbranched alkanes of at least 4 members (excludes halogenated alkanes) is 1. The van der Waals surface area contributed by atoms with Crippen LogP contribution in [-0.2, 0) is 20.9 Å². The van der Waals surface area contributed by atoms with Crippen LogP contribution in [0.25, 0.3) is 11.3 Å². The number of amides is 1. The van der Waals surface area contributed by atoms with Crippen molar-refractivity contribution < 1.29 is 24.2 Å². The molecule has 0 fully saturated rings. The molecule has 4 N–H and O–H groups in total. The molecule has 2 heterocycles. The second-order valence-corrected chi connectivity index (χ2v) is 10.1. The minimum Gasteiger partial charge on any atom is -0.478 e. The number of carbonyl (C=O) groups excluding carboxylic acids is 2. The van der Waals surface area contributed by atoms with Gasteiger partial charge in [-0.05, 0) is 58.6 Å². The predicted molar refractivity (Wildman–Crippen MR) is 132 cm³/mol. The van der Waals surface area contributed by atoms with E-state index in [0.717, 1.165) is 36.5 Å². The summed E-state index contributed by atoms with van der Waals surface area (Å²) in [5.41, 5.74) is 7.24. The highest BCUT2D eigenvalue weighted by molar-refractivity contribution is 5.88. The van der Waals surface area contributed by atoms with Crippen molar-refractivity contribution in [3.63, 3.8) is 0 Å². The first-order valence-corrected chi connectivity index (χ1v) is 12.2. The molecule has 2 aromatic rings. The Morgan fingerprint density at radius 2 is 1.94 bits per heavy atom. The van der Waals surface area contributed by atoms with Gasteiger partial charge >= 0.3 is 11.9 Å². The lowest BCUT2D eigenvalue weighted by Gasteiger charge is -2.23. The number of benzene rings is 1. The SMILES string of the molecule is CC(C)(C)OC(=O)C(N)CCCCC(=O)NCC1CCCn2cc(-c3ccc(C(=O)O)cc3)nc21. The van der Waals surface area contributed by atoms with Crippen molar-refractivity contribution in [2.24, 2.45) is 5.73 Å². The Morgan fingerprint density at radius 1 is 1.23 bits per heavy atom. The fourth-order valence-corrected chi connectivity index (χ4v) is 4.16. The van der Waals surface area contributed by atoms with E-state index in [1.807, 2.05) is 6.20 Å². The minimum atomic E-state index is -0.956. The number of aryl methyl sites for hydroxylation is 1. The molecular weight excluding hydrogens is 448 g/mol. The first kappa shape index (κ1) is 26.4. The van der Waals surface area contributed by atoms with Gasteiger partial charge in [-0.3, -0.25) is 9.59 Å². The zero-order valence-electron chi connectivity index (χ0n) is 20.8. The topological polar surface area (TPSA) is 137 Å². The molecule has 0 saturated heterocycles. The summed E-state index contributed by atoms with van der Waals surface area (Å²) < 4.78 is 7.41. The highest BCUT2D eigenvalue weighted by atomic mass is 16.6. The third kappa shape index (κ3) is 7.65. The average Bonchev–Trinajstić information content (AvgIpc) is 3.24. The van der Waals surface area contributed by atoms with Crippen molar-refractivity contribution in [2.75, 3.05) is 6.54 Å². The summed E-state index contributed by atoms with van der Waals surface area (Å²) in [4.78, 5) is 40.2. The van der Waals surface area contributed by atoms with Crippen LogP contribution >= 0.6 is 0 Å². The van der Waals surface area contributed by atoms with Crippen LogP contribution in [0.3, 0.4) is 0 Å². The summed E-state index contributed by atoms with van der Waals surface area (Å²) in [6, 6.07) is 6.02. The predicted octanol–water partition coefficient (Wildman–Crippen LogP) is 3.47. The van der Waals surface area contributed by atoms with E-state index in [2.05, 4.69) is 9.88 Å². The number of fused-ring (bicyclic) bond motifs is 1. The molecule has 1 aliphatic heterocycles. The second-order valence-electron chi connectivity index (χ2n) is 10.1. The van der Waals surface area contributed by atoms with E-state index in [0.29, 0.717) is 32.2 Å². The first-order valence-electron chi connectivity index (χ1n) is 12.2. The van der Waals surface area contributed by atoms with E-state index < -0.39 is 23.6 Å². The van der Waals surface area contributed by atoms with Gasteiger partial charge in [-0.15, -0.1) is 0 Å². The van der Waals surface area contributed by atoms with E-state index >= 15 is 0 Å². The highest BCUT2D eigenvalue weighted by Gasteiger charge is 2.24. The second kappa shape index (κ2) is 11.5. The summed E-state index contributed by atoms with van der Waals surface area (Å²) in [5.74, 6) is -0.323. The fourth-order valence-electron chi connectivity index (χ4n) is 4.16. The summed E-state index contributed by atoms with van der Waals surface area (Å²) >= 11 is 0. The normalized spacial score (nSPS) is 16.3. The van der Waals surface area contributed by atoms with Gasteiger partial charge in [0.1, 0.15) is 17.5 Å². The van der Waals surface area contributed by atoms with Crippen molar-refractivity contribution in [2.45, 2.75) is 83.4 Å². The van der Waals surface area contributed by atoms with E-state index in [9.17, 15) is 14.4 Å². The standard InChI is InChI=1S/C26H36N4O5/c1-26(2,3)35-25(34)20(27)8-4-5-9-22(31)28-15-19-7-6-14-30-16-21(29-23(19)30)17-10-12-18(13-11-17)24(32)33/h10-13,16,19-20H,4-9,14-15,27H2,1-3H3,(H,28,31)(H,32,33). The molecular formula is C26H36N4O5. The number of carbonyl (C=O) groups is 3. The molecule has 2 atom stereocenters. The Labute approximate surface area is 206 Å². The quantitative estimate of drug-likeness (QED) is 0.347. The summed E-state index contributed by atoms with van der Waals surface area (Å²) in [6.45, 7) is 6.81. The van der Waals surface area contributed by atoms with Gasteiger partial charge in [-0.1, -0.05) is 18.6 Å². The third-order valence-corrected chi connectivity index (χ3v) is 5.98. The van der Waals surface area contributed by atoms with Crippen molar-refractivity contribution >= 4 is 17.8 Å². The van der Waals surface area contributed by atoms with Crippen molar-refractivity contribution in [3.8, 4) is 11.3 Å².